The van der Waals surface area contributed by atoms with Crippen molar-refractivity contribution < 1.29 is 14.3 Å². The molecule has 23 heavy (non-hydrogen) atoms. The van der Waals surface area contributed by atoms with Crippen LogP contribution >= 0.6 is 11.3 Å². The number of fused-ring (bicyclic) bond motifs is 1. The van der Waals surface area contributed by atoms with Crippen LogP contribution in [0.5, 0.6) is 0 Å². The average Bonchev–Trinajstić information content (AvgIpc) is 3.19. The van der Waals surface area contributed by atoms with Crippen LogP contribution < -0.4 is 5.32 Å². The quantitative estimate of drug-likeness (QED) is 0.859. The normalized spacial score (nSPS) is 17.3. The van der Waals surface area contributed by atoms with Gasteiger partial charge in [-0.2, -0.15) is 5.26 Å². The smallest absolute Gasteiger partial charge is 0.309 e. The summed E-state index contributed by atoms with van der Waals surface area (Å²) in [5, 5.41) is 12.7. The third-order valence-corrected chi connectivity index (χ3v) is 5.78. The lowest BCUT2D eigenvalue weighted by molar-refractivity contribution is -0.151. The molecular weight excluding hydrogens is 312 g/mol. The lowest BCUT2D eigenvalue weighted by Gasteiger charge is -2.10. The van der Waals surface area contributed by atoms with Gasteiger partial charge in [-0.3, -0.25) is 9.59 Å². The zero-order valence-electron chi connectivity index (χ0n) is 13.0. The van der Waals surface area contributed by atoms with Gasteiger partial charge in [0, 0.05) is 4.88 Å². The molecule has 1 heterocycles. The van der Waals surface area contributed by atoms with Crippen LogP contribution in [0, 0.1) is 17.2 Å². The summed E-state index contributed by atoms with van der Waals surface area (Å²) in [6, 6.07) is 2.21. The summed E-state index contributed by atoms with van der Waals surface area (Å²) in [7, 11) is 0. The number of aryl methyl sites for hydroxylation is 1. The third kappa shape index (κ3) is 3.56. The van der Waals surface area contributed by atoms with Gasteiger partial charge in [-0.1, -0.05) is 12.8 Å². The van der Waals surface area contributed by atoms with E-state index in [9.17, 15) is 14.9 Å². The maximum atomic E-state index is 12.0. The van der Waals surface area contributed by atoms with Crippen molar-refractivity contribution in [3.05, 3.63) is 16.0 Å². The number of esters is 1. The molecule has 0 atom stereocenters. The van der Waals surface area contributed by atoms with Crippen LogP contribution in [0.25, 0.3) is 0 Å². The Labute approximate surface area is 139 Å². The van der Waals surface area contributed by atoms with Crippen molar-refractivity contribution in [2.24, 2.45) is 5.92 Å². The van der Waals surface area contributed by atoms with Gasteiger partial charge in [0.2, 0.25) is 0 Å². The summed E-state index contributed by atoms with van der Waals surface area (Å²) in [6.45, 7) is -0.275. The lowest BCUT2D eigenvalue weighted by atomic mass is 9.96. The molecule has 1 aromatic heterocycles. The molecule has 1 amide bonds. The molecular formula is C17H20N2O3S. The van der Waals surface area contributed by atoms with Gasteiger partial charge in [0.25, 0.3) is 5.91 Å². The molecule has 5 nitrogen and oxygen atoms in total. The molecule has 0 radical (unpaired) electrons. The Balaban J connectivity index is 1.58. The van der Waals surface area contributed by atoms with E-state index < -0.39 is 0 Å². The summed E-state index contributed by atoms with van der Waals surface area (Å²) in [5.41, 5.74) is 1.67. The molecule has 122 valence electrons. The summed E-state index contributed by atoms with van der Waals surface area (Å²) in [4.78, 5) is 25.1. The largest absolute Gasteiger partial charge is 0.455 e. The maximum Gasteiger partial charge on any atom is 0.309 e. The fraction of sp³-hybridized carbons (Fsp3) is 0.588. The van der Waals surface area contributed by atoms with E-state index in [1.165, 1.54) is 16.2 Å². The van der Waals surface area contributed by atoms with Crippen LogP contribution in [0.15, 0.2) is 0 Å². The molecule has 3 rings (SSSR count). The van der Waals surface area contributed by atoms with Gasteiger partial charge in [0.15, 0.2) is 6.61 Å². The second-order valence-corrected chi connectivity index (χ2v) is 7.27. The first-order valence-corrected chi connectivity index (χ1v) is 9.02. The van der Waals surface area contributed by atoms with Crippen molar-refractivity contribution in [3.63, 3.8) is 0 Å². The summed E-state index contributed by atoms with van der Waals surface area (Å²) in [5.74, 6) is -0.693. The SMILES string of the molecule is N#Cc1c(NC(=O)COC(=O)C2CCCC2)sc2c1CCCC2. The number of hydrogen-bond acceptors (Lipinski definition) is 5. The van der Waals surface area contributed by atoms with Crippen molar-refractivity contribution in [1.29, 1.82) is 5.26 Å². The molecule has 0 saturated heterocycles. The number of amides is 1. The zero-order chi connectivity index (χ0) is 16.2. The van der Waals surface area contributed by atoms with E-state index in [4.69, 9.17) is 4.74 Å². The first-order valence-electron chi connectivity index (χ1n) is 8.20. The van der Waals surface area contributed by atoms with Gasteiger partial charge in [0.05, 0.1) is 11.5 Å². The van der Waals surface area contributed by atoms with E-state index in [-0.39, 0.29) is 24.4 Å². The Hall–Kier alpha value is -1.87. The molecule has 0 spiro atoms. The topological polar surface area (TPSA) is 79.2 Å². The molecule has 1 aromatic rings. The summed E-state index contributed by atoms with van der Waals surface area (Å²) >= 11 is 1.48. The number of rotatable bonds is 4. The highest BCUT2D eigenvalue weighted by Crippen LogP contribution is 2.37. The van der Waals surface area contributed by atoms with Gasteiger partial charge in [-0.05, 0) is 44.1 Å². The summed E-state index contributed by atoms with van der Waals surface area (Å²) < 4.78 is 5.11. The van der Waals surface area contributed by atoms with Gasteiger partial charge >= 0.3 is 5.97 Å². The average molecular weight is 332 g/mol. The van der Waals surface area contributed by atoms with Crippen LogP contribution in [0.3, 0.4) is 0 Å². The van der Waals surface area contributed by atoms with E-state index in [1.807, 2.05) is 0 Å². The number of nitriles is 1. The van der Waals surface area contributed by atoms with Crippen LogP contribution in [-0.4, -0.2) is 18.5 Å². The third-order valence-electron chi connectivity index (χ3n) is 4.57. The van der Waals surface area contributed by atoms with Gasteiger partial charge in [-0.25, -0.2) is 0 Å². The fourth-order valence-corrected chi connectivity index (χ4v) is 4.61. The van der Waals surface area contributed by atoms with E-state index in [0.29, 0.717) is 10.6 Å². The van der Waals surface area contributed by atoms with Crippen LogP contribution in [0.2, 0.25) is 0 Å². The molecule has 1 fully saturated rings. The number of nitrogens with one attached hydrogen (secondary N) is 1. The van der Waals surface area contributed by atoms with Crippen molar-refractivity contribution in [1.82, 2.24) is 0 Å². The number of ether oxygens (including phenoxy) is 1. The predicted molar refractivity (Wildman–Crippen MR) is 87.2 cm³/mol. The van der Waals surface area contributed by atoms with Crippen molar-refractivity contribution in [3.8, 4) is 6.07 Å². The summed E-state index contributed by atoms with van der Waals surface area (Å²) in [6.07, 6.45) is 7.92. The Bertz CT molecular complexity index is 654. The van der Waals surface area contributed by atoms with E-state index in [2.05, 4.69) is 11.4 Å². The molecule has 6 heteroatoms. The predicted octanol–water partition coefficient (Wildman–Crippen LogP) is 3.17. The van der Waals surface area contributed by atoms with Gasteiger partial charge in [0.1, 0.15) is 11.1 Å². The Kier molecular flexibility index (Phi) is 4.97. The van der Waals surface area contributed by atoms with Crippen molar-refractivity contribution in [2.75, 3.05) is 11.9 Å². The molecule has 0 aromatic carbocycles. The number of nitrogens with zero attached hydrogens (tertiary/aromatic N) is 1. The first kappa shape index (κ1) is 16.0. The zero-order valence-corrected chi connectivity index (χ0v) is 13.8. The van der Waals surface area contributed by atoms with Crippen LogP contribution in [-0.2, 0) is 27.2 Å². The highest BCUT2D eigenvalue weighted by molar-refractivity contribution is 7.16. The van der Waals surface area contributed by atoms with Crippen LogP contribution in [0.4, 0.5) is 5.00 Å². The Morgan fingerprint density at radius 1 is 1.22 bits per heavy atom. The highest BCUT2D eigenvalue weighted by atomic mass is 32.1. The Morgan fingerprint density at radius 2 is 1.96 bits per heavy atom. The molecule has 0 unspecified atom stereocenters. The second kappa shape index (κ2) is 7.14. The molecule has 0 bridgehead atoms. The molecule has 1 saturated carbocycles. The number of carbonyl (C=O) groups excluding carboxylic acids is 2. The molecule has 2 aliphatic carbocycles. The molecule has 0 aliphatic heterocycles. The monoisotopic (exact) mass is 332 g/mol. The van der Waals surface area contributed by atoms with E-state index >= 15 is 0 Å². The number of thiophene rings is 1. The lowest BCUT2D eigenvalue weighted by Crippen LogP contribution is -2.23. The standard InChI is InChI=1S/C17H20N2O3S/c18-9-13-12-7-3-4-8-14(12)23-16(13)19-15(20)10-22-17(21)11-5-1-2-6-11/h11H,1-8,10H2,(H,19,20). The molecule has 2 aliphatic rings. The highest BCUT2D eigenvalue weighted by Gasteiger charge is 2.25. The maximum absolute atomic E-state index is 12.0. The van der Waals surface area contributed by atoms with E-state index in [0.717, 1.165) is 56.9 Å². The minimum absolute atomic E-state index is 0.0495. The van der Waals surface area contributed by atoms with E-state index in [1.54, 1.807) is 0 Å². The minimum atomic E-state index is -0.369. The minimum Gasteiger partial charge on any atom is -0.455 e. The van der Waals surface area contributed by atoms with Gasteiger partial charge in [-0.15, -0.1) is 11.3 Å². The van der Waals surface area contributed by atoms with Crippen LogP contribution in [0.1, 0.15) is 54.5 Å². The number of carbonyl (C=O) groups is 2. The second-order valence-electron chi connectivity index (χ2n) is 6.16. The van der Waals surface area contributed by atoms with Crippen molar-refractivity contribution in [2.45, 2.75) is 51.4 Å². The molecule has 1 N–H and O–H groups in total. The first-order chi connectivity index (χ1) is 11.2. The number of hydrogen-bond donors (Lipinski definition) is 1. The van der Waals surface area contributed by atoms with Gasteiger partial charge < -0.3 is 10.1 Å². The Morgan fingerprint density at radius 3 is 2.70 bits per heavy atom. The van der Waals surface area contributed by atoms with Crippen molar-refractivity contribution >= 4 is 28.2 Å². The fourth-order valence-electron chi connectivity index (χ4n) is 3.35. The number of anilines is 1.